The zero-order valence-corrected chi connectivity index (χ0v) is 8.65. The number of rotatable bonds is 2. The smallest absolute Gasteiger partial charge is 0.106 e. The van der Waals surface area contributed by atoms with Gasteiger partial charge in [-0.3, -0.25) is 0 Å². The summed E-state index contributed by atoms with van der Waals surface area (Å²) >= 11 is 1.71. The summed E-state index contributed by atoms with van der Waals surface area (Å²) in [5.74, 6) is 0.727. The Morgan fingerprint density at radius 3 is 2.77 bits per heavy atom. The molecule has 0 amide bonds. The first-order valence-electron chi connectivity index (χ1n) is 5.04. The Balaban J connectivity index is 2.05. The van der Waals surface area contributed by atoms with Crippen molar-refractivity contribution in [2.24, 2.45) is 5.73 Å². The van der Waals surface area contributed by atoms with Gasteiger partial charge < -0.3 is 5.73 Å². The summed E-state index contributed by atoms with van der Waals surface area (Å²) in [6, 6.07) is 0. The van der Waals surface area contributed by atoms with E-state index in [-0.39, 0.29) is 0 Å². The van der Waals surface area contributed by atoms with E-state index in [0.717, 1.165) is 10.9 Å². The van der Waals surface area contributed by atoms with Crippen molar-refractivity contribution in [3.05, 3.63) is 16.1 Å². The van der Waals surface area contributed by atoms with Crippen molar-refractivity contribution in [3.63, 3.8) is 0 Å². The summed E-state index contributed by atoms with van der Waals surface area (Å²) in [6.07, 6.45) is 6.81. The van der Waals surface area contributed by atoms with Crippen LogP contribution < -0.4 is 5.73 Å². The minimum Gasteiger partial charge on any atom is -0.325 e. The molecule has 0 spiro atoms. The Morgan fingerprint density at radius 1 is 1.38 bits per heavy atom. The van der Waals surface area contributed by atoms with Crippen LogP contribution in [0.4, 0.5) is 0 Å². The highest BCUT2D eigenvalue weighted by Crippen LogP contribution is 2.32. The number of aromatic nitrogens is 1. The zero-order valence-electron chi connectivity index (χ0n) is 7.83. The summed E-state index contributed by atoms with van der Waals surface area (Å²) in [5, 5.41) is 3.28. The molecule has 1 aliphatic rings. The van der Waals surface area contributed by atoms with Gasteiger partial charge in [-0.2, -0.15) is 0 Å². The van der Waals surface area contributed by atoms with Gasteiger partial charge in [0, 0.05) is 17.8 Å². The molecule has 1 fully saturated rings. The summed E-state index contributed by atoms with van der Waals surface area (Å²) in [6.45, 7) is 0.595. The van der Waals surface area contributed by atoms with Crippen molar-refractivity contribution >= 4 is 11.3 Å². The Bertz CT molecular complexity index is 264. The largest absolute Gasteiger partial charge is 0.325 e. The third kappa shape index (κ3) is 2.09. The first kappa shape index (κ1) is 9.16. The van der Waals surface area contributed by atoms with Gasteiger partial charge in [0.2, 0.25) is 0 Å². The van der Waals surface area contributed by atoms with Crippen LogP contribution in [0.5, 0.6) is 0 Å². The average Bonchev–Trinajstić information content (AvgIpc) is 2.67. The lowest BCUT2D eigenvalue weighted by Gasteiger charge is -2.19. The maximum absolute atomic E-state index is 5.54. The van der Waals surface area contributed by atoms with Crippen molar-refractivity contribution in [2.45, 2.75) is 44.6 Å². The molecule has 1 heterocycles. The van der Waals surface area contributed by atoms with E-state index in [9.17, 15) is 0 Å². The molecule has 1 saturated carbocycles. The molecule has 0 saturated heterocycles. The van der Waals surface area contributed by atoms with Crippen LogP contribution in [0.1, 0.15) is 48.7 Å². The van der Waals surface area contributed by atoms with Gasteiger partial charge >= 0.3 is 0 Å². The molecule has 0 radical (unpaired) electrons. The van der Waals surface area contributed by atoms with E-state index in [1.165, 1.54) is 37.8 Å². The predicted octanol–water partition coefficient (Wildman–Crippen LogP) is 2.65. The van der Waals surface area contributed by atoms with Crippen LogP contribution in [0.2, 0.25) is 0 Å². The lowest BCUT2D eigenvalue weighted by molar-refractivity contribution is 0.437. The molecule has 0 bridgehead atoms. The Morgan fingerprint density at radius 2 is 2.15 bits per heavy atom. The van der Waals surface area contributed by atoms with E-state index in [0.29, 0.717) is 6.54 Å². The Hall–Kier alpha value is -0.410. The SMILES string of the molecule is NCc1nc(C2CCCCC2)cs1. The standard InChI is InChI=1S/C10H16N2S/c11-6-10-12-9(7-13-10)8-4-2-1-3-5-8/h7-8H,1-6,11H2. The molecule has 2 N–H and O–H groups in total. The van der Waals surface area contributed by atoms with Crippen molar-refractivity contribution < 1.29 is 0 Å². The Kier molecular flexibility index (Phi) is 2.96. The predicted molar refractivity (Wildman–Crippen MR) is 55.8 cm³/mol. The van der Waals surface area contributed by atoms with E-state index in [4.69, 9.17) is 5.73 Å². The second-order valence-corrected chi connectivity index (χ2v) is 4.65. The van der Waals surface area contributed by atoms with Gasteiger partial charge in [0.15, 0.2) is 0 Å². The van der Waals surface area contributed by atoms with E-state index >= 15 is 0 Å². The van der Waals surface area contributed by atoms with Crippen LogP contribution in [0.3, 0.4) is 0 Å². The molecule has 2 rings (SSSR count). The number of thiazole rings is 1. The summed E-state index contributed by atoms with van der Waals surface area (Å²) in [7, 11) is 0. The van der Waals surface area contributed by atoms with Gasteiger partial charge in [0.1, 0.15) is 5.01 Å². The fraction of sp³-hybridized carbons (Fsp3) is 0.700. The van der Waals surface area contributed by atoms with Gasteiger partial charge in [-0.15, -0.1) is 11.3 Å². The molecule has 1 aromatic heterocycles. The van der Waals surface area contributed by atoms with Crippen LogP contribution in [0.25, 0.3) is 0 Å². The molecule has 13 heavy (non-hydrogen) atoms. The van der Waals surface area contributed by atoms with E-state index in [1.807, 2.05) is 0 Å². The molecule has 0 unspecified atom stereocenters. The molecule has 0 aromatic carbocycles. The molecule has 1 aromatic rings. The zero-order chi connectivity index (χ0) is 9.10. The van der Waals surface area contributed by atoms with Crippen molar-refractivity contribution in [2.75, 3.05) is 0 Å². The molecular formula is C10H16N2S. The van der Waals surface area contributed by atoms with Gasteiger partial charge in [-0.25, -0.2) is 4.98 Å². The fourth-order valence-electron chi connectivity index (χ4n) is 2.00. The highest BCUT2D eigenvalue weighted by molar-refractivity contribution is 7.09. The van der Waals surface area contributed by atoms with Crippen LogP contribution in [-0.2, 0) is 6.54 Å². The monoisotopic (exact) mass is 196 g/mol. The van der Waals surface area contributed by atoms with Gasteiger partial charge in [-0.05, 0) is 12.8 Å². The van der Waals surface area contributed by atoms with E-state index < -0.39 is 0 Å². The fourth-order valence-corrected chi connectivity index (χ4v) is 2.76. The molecule has 0 atom stereocenters. The molecule has 72 valence electrons. The van der Waals surface area contributed by atoms with Crippen LogP contribution in [-0.4, -0.2) is 4.98 Å². The first-order chi connectivity index (χ1) is 6.40. The second-order valence-electron chi connectivity index (χ2n) is 3.71. The molecule has 1 aliphatic carbocycles. The molecule has 0 aliphatic heterocycles. The van der Waals surface area contributed by atoms with Crippen LogP contribution in [0.15, 0.2) is 5.38 Å². The van der Waals surface area contributed by atoms with Gasteiger partial charge in [-0.1, -0.05) is 19.3 Å². The third-order valence-corrected chi connectivity index (χ3v) is 3.66. The highest BCUT2D eigenvalue weighted by atomic mass is 32.1. The number of hydrogen-bond acceptors (Lipinski definition) is 3. The quantitative estimate of drug-likeness (QED) is 0.789. The van der Waals surface area contributed by atoms with Crippen molar-refractivity contribution in [1.82, 2.24) is 4.98 Å². The Labute approximate surface area is 83.2 Å². The molecule has 3 heteroatoms. The second kappa shape index (κ2) is 4.20. The van der Waals surface area contributed by atoms with Gasteiger partial charge in [0.25, 0.3) is 0 Å². The number of hydrogen-bond donors (Lipinski definition) is 1. The van der Waals surface area contributed by atoms with Crippen LogP contribution in [0, 0.1) is 0 Å². The minimum absolute atomic E-state index is 0.595. The summed E-state index contributed by atoms with van der Waals surface area (Å²) < 4.78 is 0. The highest BCUT2D eigenvalue weighted by Gasteiger charge is 2.17. The van der Waals surface area contributed by atoms with E-state index in [2.05, 4.69) is 10.4 Å². The third-order valence-electron chi connectivity index (χ3n) is 2.77. The minimum atomic E-state index is 0.595. The summed E-state index contributed by atoms with van der Waals surface area (Å²) in [4.78, 5) is 4.55. The average molecular weight is 196 g/mol. The van der Waals surface area contributed by atoms with Gasteiger partial charge in [0.05, 0.1) is 5.69 Å². The first-order valence-corrected chi connectivity index (χ1v) is 5.92. The maximum atomic E-state index is 5.54. The number of nitrogens with zero attached hydrogens (tertiary/aromatic N) is 1. The summed E-state index contributed by atoms with van der Waals surface area (Å²) in [5.41, 5.74) is 6.84. The molecule has 2 nitrogen and oxygen atoms in total. The van der Waals surface area contributed by atoms with Crippen molar-refractivity contribution in [1.29, 1.82) is 0 Å². The number of nitrogens with two attached hydrogens (primary N) is 1. The van der Waals surface area contributed by atoms with E-state index in [1.54, 1.807) is 11.3 Å². The molecular weight excluding hydrogens is 180 g/mol. The lowest BCUT2D eigenvalue weighted by atomic mass is 9.87. The van der Waals surface area contributed by atoms with Crippen molar-refractivity contribution in [3.8, 4) is 0 Å². The maximum Gasteiger partial charge on any atom is 0.106 e. The van der Waals surface area contributed by atoms with Crippen LogP contribution >= 0.6 is 11.3 Å². The normalized spacial score (nSPS) is 19.2. The topological polar surface area (TPSA) is 38.9 Å². The lowest BCUT2D eigenvalue weighted by Crippen LogP contribution is -2.05.